The molecule has 3 aromatic rings. The highest BCUT2D eigenvalue weighted by molar-refractivity contribution is 5.70. The number of piperazine rings is 1. The Kier molecular flexibility index (Phi) is 7.77. The molecule has 1 aromatic heterocycles. The molecule has 2 heterocycles. The summed E-state index contributed by atoms with van der Waals surface area (Å²) < 4.78 is 21.9. The number of hydrogen-bond donors (Lipinski definition) is 0. The zero-order valence-corrected chi connectivity index (χ0v) is 20.8. The number of ether oxygens (including phenoxy) is 3. The van der Waals surface area contributed by atoms with Crippen molar-refractivity contribution in [1.82, 2.24) is 15.0 Å². The highest BCUT2D eigenvalue weighted by Crippen LogP contribution is 2.23. The quantitative estimate of drug-likeness (QED) is 0.471. The second-order valence-corrected chi connectivity index (χ2v) is 9.49. The maximum absolute atomic E-state index is 12.4. The van der Waals surface area contributed by atoms with Crippen LogP contribution in [0.25, 0.3) is 11.3 Å². The fourth-order valence-electron chi connectivity index (χ4n) is 3.60. The summed E-state index contributed by atoms with van der Waals surface area (Å²) in [5.41, 5.74) is 2.05. The molecule has 1 aliphatic heterocycles. The highest BCUT2D eigenvalue weighted by atomic mass is 16.6. The summed E-state index contributed by atoms with van der Waals surface area (Å²) in [6.45, 7) is 7.46. The van der Waals surface area contributed by atoms with Crippen LogP contribution in [0.15, 0.2) is 65.2 Å². The molecule has 1 fully saturated rings. The first-order chi connectivity index (χ1) is 17.3. The lowest BCUT2D eigenvalue weighted by Gasteiger charge is -2.34. The van der Waals surface area contributed by atoms with Crippen LogP contribution in [0.5, 0.6) is 5.75 Å². The van der Waals surface area contributed by atoms with Crippen molar-refractivity contribution in [3.63, 3.8) is 0 Å². The van der Waals surface area contributed by atoms with Gasteiger partial charge in [-0.05, 0) is 50.6 Å². The maximum atomic E-state index is 12.4. The number of benzene rings is 2. The van der Waals surface area contributed by atoms with Gasteiger partial charge in [0.15, 0.2) is 12.4 Å². The van der Waals surface area contributed by atoms with E-state index in [2.05, 4.69) is 5.16 Å². The summed E-state index contributed by atoms with van der Waals surface area (Å²) >= 11 is 0. The Morgan fingerprint density at radius 2 is 1.53 bits per heavy atom. The molecule has 0 spiro atoms. The number of rotatable bonds is 6. The SMILES string of the molecule is CC(C)(C)OC(=O)N1CCN(C(=O)OCc2cc(-c3ccc(OCc4ccccc4)cc3)no2)CC1. The van der Waals surface area contributed by atoms with Gasteiger partial charge in [-0.3, -0.25) is 0 Å². The lowest BCUT2D eigenvalue weighted by molar-refractivity contribution is 0.0120. The third kappa shape index (κ3) is 7.00. The van der Waals surface area contributed by atoms with E-state index in [9.17, 15) is 9.59 Å². The second-order valence-electron chi connectivity index (χ2n) is 9.49. The molecule has 9 heteroatoms. The number of aromatic nitrogens is 1. The molecule has 0 saturated carbocycles. The number of carbonyl (C=O) groups is 2. The summed E-state index contributed by atoms with van der Waals surface area (Å²) in [4.78, 5) is 27.8. The van der Waals surface area contributed by atoms with E-state index in [1.807, 2.05) is 75.4 Å². The predicted octanol–water partition coefficient (Wildman–Crippen LogP) is 5.11. The van der Waals surface area contributed by atoms with Crippen molar-refractivity contribution in [3.05, 3.63) is 72.0 Å². The topological polar surface area (TPSA) is 94.3 Å². The fraction of sp³-hybridized carbons (Fsp3) is 0.370. The molecule has 0 aliphatic carbocycles. The minimum atomic E-state index is -0.554. The molecule has 0 radical (unpaired) electrons. The third-order valence-electron chi connectivity index (χ3n) is 5.48. The molecule has 0 N–H and O–H groups in total. The third-order valence-corrected chi connectivity index (χ3v) is 5.48. The molecule has 0 bridgehead atoms. The summed E-state index contributed by atoms with van der Waals surface area (Å²) in [5, 5.41) is 4.08. The van der Waals surface area contributed by atoms with Gasteiger partial charge in [-0.15, -0.1) is 0 Å². The lowest BCUT2D eigenvalue weighted by atomic mass is 10.1. The highest BCUT2D eigenvalue weighted by Gasteiger charge is 2.28. The van der Waals surface area contributed by atoms with Crippen molar-refractivity contribution in [2.75, 3.05) is 26.2 Å². The number of carbonyl (C=O) groups excluding carboxylic acids is 2. The summed E-state index contributed by atoms with van der Waals surface area (Å²) in [6.07, 6.45) is -0.836. The van der Waals surface area contributed by atoms with Gasteiger partial charge >= 0.3 is 12.2 Å². The number of amides is 2. The summed E-state index contributed by atoms with van der Waals surface area (Å²) in [5.74, 6) is 1.20. The van der Waals surface area contributed by atoms with Crippen molar-refractivity contribution < 1.29 is 28.3 Å². The molecule has 1 aliphatic rings. The average Bonchev–Trinajstić information content (AvgIpc) is 3.35. The fourth-order valence-corrected chi connectivity index (χ4v) is 3.60. The molecule has 1 saturated heterocycles. The smallest absolute Gasteiger partial charge is 0.410 e. The van der Waals surface area contributed by atoms with Crippen LogP contribution >= 0.6 is 0 Å². The first-order valence-electron chi connectivity index (χ1n) is 11.9. The number of nitrogens with zero attached hydrogens (tertiary/aromatic N) is 3. The first kappa shape index (κ1) is 25.1. The van der Waals surface area contributed by atoms with E-state index in [-0.39, 0.29) is 12.7 Å². The molecule has 0 unspecified atom stereocenters. The summed E-state index contributed by atoms with van der Waals surface area (Å²) in [6, 6.07) is 19.3. The van der Waals surface area contributed by atoms with Crippen LogP contribution in [0.4, 0.5) is 9.59 Å². The molecular formula is C27H31N3O6. The molecule has 4 rings (SSSR count). The van der Waals surface area contributed by atoms with Gasteiger partial charge in [-0.1, -0.05) is 35.5 Å². The van der Waals surface area contributed by atoms with Gasteiger partial charge in [-0.25, -0.2) is 9.59 Å². The van der Waals surface area contributed by atoms with Crippen LogP contribution in [-0.2, 0) is 22.7 Å². The molecule has 36 heavy (non-hydrogen) atoms. The van der Waals surface area contributed by atoms with E-state index in [0.717, 1.165) is 16.9 Å². The molecule has 2 aromatic carbocycles. The first-order valence-corrected chi connectivity index (χ1v) is 11.9. The van der Waals surface area contributed by atoms with Crippen LogP contribution in [0, 0.1) is 0 Å². The average molecular weight is 494 g/mol. The van der Waals surface area contributed by atoms with E-state index >= 15 is 0 Å². The van der Waals surface area contributed by atoms with Crippen molar-refractivity contribution in [1.29, 1.82) is 0 Å². The lowest BCUT2D eigenvalue weighted by Crippen LogP contribution is -2.51. The Morgan fingerprint density at radius 3 is 2.17 bits per heavy atom. The Balaban J connectivity index is 1.22. The molecule has 2 amide bonds. The zero-order valence-electron chi connectivity index (χ0n) is 20.8. The van der Waals surface area contributed by atoms with Crippen LogP contribution in [0.2, 0.25) is 0 Å². The van der Waals surface area contributed by atoms with Crippen LogP contribution < -0.4 is 4.74 Å². The van der Waals surface area contributed by atoms with Gasteiger partial charge in [0.05, 0.1) is 0 Å². The number of hydrogen-bond acceptors (Lipinski definition) is 7. The van der Waals surface area contributed by atoms with Gasteiger partial charge in [0, 0.05) is 37.8 Å². The van der Waals surface area contributed by atoms with E-state index in [1.165, 1.54) is 0 Å². The van der Waals surface area contributed by atoms with Crippen molar-refractivity contribution in [2.24, 2.45) is 0 Å². The van der Waals surface area contributed by atoms with Crippen LogP contribution in [0.3, 0.4) is 0 Å². The van der Waals surface area contributed by atoms with E-state index in [0.29, 0.717) is 44.2 Å². The zero-order chi connectivity index (χ0) is 25.5. The summed E-state index contributed by atoms with van der Waals surface area (Å²) in [7, 11) is 0. The van der Waals surface area contributed by atoms with Crippen molar-refractivity contribution >= 4 is 12.2 Å². The standard InChI is InChI=1S/C27H31N3O6/c1-27(2,3)35-26(32)30-15-13-29(14-16-30)25(31)34-19-23-17-24(28-36-23)21-9-11-22(12-10-21)33-18-20-7-5-4-6-8-20/h4-12,17H,13-16,18-19H2,1-3H3. The van der Waals surface area contributed by atoms with Gasteiger partial charge < -0.3 is 28.5 Å². The molecule has 9 nitrogen and oxygen atoms in total. The van der Waals surface area contributed by atoms with Gasteiger partial charge in [0.2, 0.25) is 0 Å². The van der Waals surface area contributed by atoms with E-state index < -0.39 is 11.7 Å². The minimum absolute atomic E-state index is 0.0314. The monoisotopic (exact) mass is 493 g/mol. The van der Waals surface area contributed by atoms with Gasteiger partial charge in [0.25, 0.3) is 0 Å². The normalized spacial score (nSPS) is 13.9. The minimum Gasteiger partial charge on any atom is -0.489 e. The maximum Gasteiger partial charge on any atom is 0.410 e. The van der Waals surface area contributed by atoms with Gasteiger partial charge in [-0.2, -0.15) is 0 Å². The van der Waals surface area contributed by atoms with Crippen molar-refractivity contribution in [2.45, 2.75) is 39.6 Å². The Hall–Kier alpha value is -4.01. The van der Waals surface area contributed by atoms with E-state index in [4.69, 9.17) is 18.7 Å². The Bertz CT molecular complexity index is 1150. The van der Waals surface area contributed by atoms with Gasteiger partial charge in [0.1, 0.15) is 23.7 Å². The molecular weight excluding hydrogens is 462 g/mol. The van der Waals surface area contributed by atoms with Crippen molar-refractivity contribution in [3.8, 4) is 17.0 Å². The van der Waals surface area contributed by atoms with Crippen LogP contribution in [-0.4, -0.2) is 58.9 Å². The molecule has 190 valence electrons. The van der Waals surface area contributed by atoms with E-state index in [1.54, 1.807) is 15.9 Å². The molecule has 0 atom stereocenters. The largest absolute Gasteiger partial charge is 0.489 e. The predicted molar refractivity (Wildman–Crippen MR) is 132 cm³/mol. The van der Waals surface area contributed by atoms with Crippen LogP contribution in [0.1, 0.15) is 32.1 Å². The second kappa shape index (κ2) is 11.2. The Morgan fingerprint density at radius 1 is 0.889 bits per heavy atom. The Labute approximate surface area is 210 Å².